The van der Waals surface area contributed by atoms with E-state index in [1.165, 1.54) is 0 Å². The van der Waals surface area contributed by atoms with E-state index in [0.717, 1.165) is 23.2 Å². The van der Waals surface area contributed by atoms with Gasteiger partial charge < -0.3 is 15.4 Å². The number of amides is 1. The predicted octanol–water partition coefficient (Wildman–Crippen LogP) is 4.23. The number of hydrogen-bond acceptors (Lipinski definition) is 5. The maximum atomic E-state index is 13.4. The number of ether oxygens (including phenoxy) is 1. The second-order valence-corrected chi connectivity index (χ2v) is 7.14. The summed E-state index contributed by atoms with van der Waals surface area (Å²) in [4.78, 5) is 20.2. The van der Waals surface area contributed by atoms with Crippen LogP contribution in [0, 0.1) is 0 Å². The van der Waals surface area contributed by atoms with E-state index < -0.39 is 0 Å². The first-order valence-corrected chi connectivity index (χ1v) is 10.3. The van der Waals surface area contributed by atoms with Gasteiger partial charge in [0.2, 0.25) is 0 Å². The van der Waals surface area contributed by atoms with Crippen LogP contribution in [0.4, 0.5) is 5.69 Å². The minimum Gasteiger partial charge on any atom is -0.488 e. The second kappa shape index (κ2) is 11.7. The van der Waals surface area contributed by atoms with Crippen LogP contribution >= 0.6 is 0 Å². The zero-order valence-electron chi connectivity index (χ0n) is 17.8. The van der Waals surface area contributed by atoms with Gasteiger partial charge in [-0.2, -0.15) is 0 Å². The molecule has 162 valence electrons. The van der Waals surface area contributed by atoms with Crippen LogP contribution in [-0.2, 0) is 18.0 Å². The van der Waals surface area contributed by atoms with E-state index in [4.69, 9.17) is 15.3 Å². The fourth-order valence-electron chi connectivity index (χ4n) is 3.23. The lowest BCUT2D eigenvalue weighted by molar-refractivity contribution is 0.0737. The van der Waals surface area contributed by atoms with E-state index in [0.29, 0.717) is 37.6 Å². The number of anilines is 1. The highest BCUT2D eigenvalue weighted by molar-refractivity contribution is 5.97. The first kappa shape index (κ1) is 22.3. The SMILES string of the molecule is CONc1ccc(CN(CCCN)C(=O)c2ccccc2OCc2ccccc2)cc1. The Balaban J connectivity index is 1.76. The van der Waals surface area contributed by atoms with E-state index in [1.807, 2.05) is 83.8 Å². The summed E-state index contributed by atoms with van der Waals surface area (Å²) < 4.78 is 6.00. The summed E-state index contributed by atoms with van der Waals surface area (Å²) in [5.41, 5.74) is 12.0. The summed E-state index contributed by atoms with van der Waals surface area (Å²) >= 11 is 0. The van der Waals surface area contributed by atoms with Crippen LogP contribution in [0.15, 0.2) is 78.9 Å². The number of nitrogens with one attached hydrogen (secondary N) is 1. The van der Waals surface area contributed by atoms with Gasteiger partial charge in [0.15, 0.2) is 0 Å². The molecule has 0 bridgehead atoms. The lowest BCUT2D eigenvalue weighted by Gasteiger charge is -2.24. The zero-order chi connectivity index (χ0) is 21.9. The van der Waals surface area contributed by atoms with E-state index in [1.54, 1.807) is 7.11 Å². The molecule has 3 rings (SSSR count). The van der Waals surface area contributed by atoms with Crippen LogP contribution < -0.4 is 16.0 Å². The van der Waals surface area contributed by atoms with Gasteiger partial charge in [0.05, 0.1) is 18.4 Å². The highest BCUT2D eigenvalue weighted by atomic mass is 16.6. The average Bonchev–Trinajstić information content (AvgIpc) is 2.82. The van der Waals surface area contributed by atoms with Crippen molar-refractivity contribution in [3.8, 4) is 5.75 Å². The minimum atomic E-state index is -0.0730. The van der Waals surface area contributed by atoms with Crippen molar-refractivity contribution in [2.75, 3.05) is 25.7 Å². The van der Waals surface area contributed by atoms with Crippen molar-refractivity contribution in [1.82, 2.24) is 4.90 Å². The van der Waals surface area contributed by atoms with E-state index in [-0.39, 0.29) is 5.91 Å². The number of nitrogens with two attached hydrogens (primary N) is 1. The highest BCUT2D eigenvalue weighted by Crippen LogP contribution is 2.23. The minimum absolute atomic E-state index is 0.0730. The molecule has 31 heavy (non-hydrogen) atoms. The van der Waals surface area contributed by atoms with E-state index >= 15 is 0 Å². The Morgan fingerprint density at radius 3 is 2.35 bits per heavy atom. The molecule has 0 fully saturated rings. The molecule has 0 spiro atoms. The summed E-state index contributed by atoms with van der Waals surface area (Å²) in [6, 6.07) is 25.1. The summed E-state index contributed by atoms with van der Waals surface area (Å²) in [6.07, 6.45) is 0.724. The van der Waals surface area contributed by atoms with Crippen molar-refractivity contribution in [3.63, 3.8) is 0 Å². The van der Waals surface area contributed by atoms with Gasteiger partial charge in [-0.1, -0.05) is 54.6 Å². The zero-order valence-corrected chi connectivity index (χ0v) is 17.8. The third-order valence-electron chi connectivity index (χ3n) is 4.82. The Labute approximate surface area is 183 Å². The summed E-state index contributed by atoms with van der Waals surface area (Å²) in [7, 11) is 1.57. The molecule has 0 unspecified atom stereocenters. The molecular formula is C25H29N3O3. The van der Waals surface area contributed by atoms with Crippen LogP contribution in [0.25, 0.3) is 0 Å². The molecule has 3 N–H and O–H groups in total. The third kappa shape index (κ3) is 6.57. The van der Waals surface area contributed by atoms with Crippen LogP contribution in [0.3, 0.4) is 0 Å². The largest absolute Gasteiger partial charge is 0.488 e. The molecular weight excluding hydrogens is 390 g/mol. The Morgan fingerprint density at radius 2 is 1.65 bits per heavy atom. The molecule has 0 aliphatic heterocycles. The van der Waals surface area contributed by atoms with Crippen LogP contribution in [0.2, 0.25) is 0 Å². The number of carbonyl (C=O) groups is 1. The van der Waals surface area contributed by atoms with Crippen molar-refractivity contribution in [3.05, 3.63) is 95.6 Å². The maximum Gasteiger partial charge on any atom is 0.257 e. The van der Waals surface area contributed by atoms with Crippen molar-refractivity contribution in [2.45, 2.75) is 19.6 Å². The van der Waals surface area contributed by atoms with Gasteiger partial charge in [-0.25, -0.2) is 0 Å². The Hall–Kier alpha value is -3.35. The second-order valence-electron chi connectivity index (χ2n) is 7.14. The van der Waals surface area contributed by atoms with Gasteiger partial charge in [-0.15, -0.1) is 0 Å². The number of carbonyl (C=O) groups excluding carboxylic acids is 1. The van der Waals surface area contributed by atoms with Crippen LogP contribution in [0.1, 0.15) is 27.9 Å². The average molecular weight is 420 g/mol. The Kier molecular flexibility index (Phi) is 8.46. The molecule has 6 heteroatoms. The monoisotopic (exact) mass is 419 g/mol. The molecule has 0 heterocycles. The molecule has 0 radical (unpaired) electrons. The topological polar surface area (TPSA) is 76.8 Å². The molecule has 0 atom stereocenters. The van der Waals surface area contributed by atoms with E-state index in [2.05, 4.69) is 5.48 Å². The molecule has 0 aliphatic rings. The highest BCUT2D eigenvalue weighted by Gasteiger charge is 2.20. The first-order valence-electron chi connectivity index (χ1n) is 10.3. The van der Waals surface area contributed by atoms with Gasteiger partial charge in [-0.3, -0.25) is 15.1 Å². The van der Waals surface area contributed by atoms with Crippen LogP contribution in [0.5, 0.6) is 5.75 Å². The third-order valence-corrected chi connectivity index (χ3v) is 4.82. The van der Waals surface area contributed by atoms with Crippen molar-refractivity contribution >= 4 is 11.6 Å². The summed E-state index contributed by atoms with van der Waals surface area (Å²) in [5, 5.41) is 0. The standard InChI is InChI=1S/C25H29N3O3/c1-30-27-22-14-12-20(13-15-22)18-28(17-7-16-26)25(29)23-10-5-6-11-24(23)31-19-21-8-3-2-4-9-21/h2-6,8-15,27H,7,16-19,26H2,1H3. The van der Waals surface area contributed by atoms with Crippen molar-refractivity contribution in [1.29, 1.82) is 0 Å². The Bertz CT molecular complexity index is 946. The van der Waals surface area contributed by atoms with Gasteiger partial charge >= 0.3 is 0 Å². The van der Waals surface area contributed by atoms with Gasteiger partial charge in [0.1, 0.15) is 12.4 Å². The van der Waals surface area contributed by atoms with Gasteiger partial charge in [-0.05, 0) is 48.4 Å². The lowest BCUT2D eigenvalue weighted by atomic mass is 10.1. The quantitative estimate of drug-likeness (QED) is 0.455. The van der Waals surface area contributed by atoms with Crippen molar-refractivity contribution < 1.29 is 14.4 Å². The molecule has 6 nitrogen and oxygen atoms in total. The normalized spacial score (nSPS) is 10.5. The fourth-order valence-corrected chi connectivity index (χ4v) is 3.23. The summed E-state index contributed by atoms with van der Waals surface area (Å²) in [6.45, 7) is 1.98. The number of para-hydroxylation sites is 1. The maximum absolute atomic E-state index is 13.4. The number of benzene rings is 3. The first-order chi connectivity index (χ1) is 15.2. The molecule has 0 aromatic heterocycles. The van der Waals surface area contributed by atoms with Crippen LogP contribution in [-0.4, -0.2) is 31.0 Å². The summed E-state index contributed by atoms with van der Waals surface area (Å²) in [5.74, 6) is 0.505. The number of nitrogens with zero attached hydrogens (tertiary/aromatic N) is 1. The molecule has 0 aliphatic carbocycles. The van der Waals surface area contributed by atoms with Gasteiger partial charge in [0, 0.05) is 13.1 Å². The predicted molar refractivity (Wildman–Crippen MR) is 123 cm³/mol. The molecule has 1 amide bonds. The fraction of sp³-hybridized carbons (Fsp3) is 0.240. The van der Waals surface area contributed by atoms with E-state index in [9.17, 15) is 4.79 Å². The van der Waals surface area contributed by atoms with Crippen molar-refractivity contribution in [2.24, 2.45) is 5.73 Å². The Morgan fingerprint density at radius 1 is 0.935 bits per heavy atom. The molecule has 0 saturated carbocycles. The number of hydrogen-bond donors (Lipinski definition) is 2. The number of rotatable bonds is 11. The smallest absolute Gasteiger partial charge is 0.257 e. The lowest BCUT2D eigenvalue weighted by Crippen LogP contribution is -2.32. The van der Waals surface area contributed by atoms with Gasteiger partial charge in [0.25, 0.3) is 5.91 Å². The molecule has 3 aromatic carbocycles. The molecule has 0 saturated heterocycles. The molecule has 3 aromatic rings.